The summed E-state index contributed by atoms with van der Waals surface area (Å²) >= 11 is 17.5. The van der Waals surface area contributed by atoms with E-state index in [4.69, 9.17) is 19.7 Å². The lowest BCUT2D eigenvalue weighted by atomic mass is 10.1. The average molecular weight is 1120 g/mol. The van der Waals surface area contributed by atoms with Crippen LogP contribution in [0.4, 0.5) is 0 Å². The number of rotatable bonds is 22. The third kappa shape index (κ3) is 26.9. The fraction of sp³-hybridized carbons (Fsp3) is 0.523. The normalized spacial score (nSPS) is 10.2. The fourth-order valence-corrected chi connectivity index (χ4v) is 9.91. The molecule has 0 amide bonds. The number of thiophene rings is 2. The number of ether oxygens (including phenoxy) is 2. The van der Waals surface area contributed by atoms with Crippen LogP contribution in [0.5, 0.6) is 0 Å². The third-order valence-corrected chi connectivity index (χ3v) is 13.3. The second kappa shape index (κ2) is 39.0. The average Bonchev–Trinajstić information content (AvgIpc) is 3.77. The van der Waals surface area contributed by atoms with Crippen molar-refractivity contribution in [3.05, 3.63) is 111 Å². The van der Waals surface area contributed by atoms with Gasteiger partial charge in [-0.15, -0.1) is 22.7 Å². The van der Waals surface area contributed by atoms with Gasteiger partial charge in [-0.05, 0) is 118 Å². The lowest BCUT2D eigenvalue weighted by Crippen LogP contribution is -2.03. The van der Waals surface area contributed by atoms with Crippen molar-refractivity contribution in [3.63, 3.8) is 0 Å². The standard InChI is InChI=1S/2C13H21BrOS.C10H13BrO2.C8H7BrO.2H3P/c2*1-2-3-4-5-7-11-10-13(14)16-12(11)8-6-9-15;1-12-10(13-2)9-5-3-8(7-11)4-6-9;9-5-7-1-3-8(6-10)4-2-7;;/h2*10,15H,2-9H2,1H3;3-6,10H,7H2,1-2H3;1-4,6H,5H2;2*1H3. The number of aldehydes is 1. The first kappa shape index (κ1) is 59.2. The molecule has 5 nitrogen and oxygen atoms in total. The maximum Gasteiger partial charge on any atom is 0.183 e. The van der Waals surface area contributed by atoms with Gasteiger partial charge in [-0.25, -0.2) is 0 Å². The minimum absolute atomic E-state index is 0. The van der Waals surface area contributed by atoms with Crippen LogP contribution in [0.25, 0.3) is 0 Å². The summed E-state index contributed by atoms with van der Waals surface area (Å²) in [6.07, 6.45) is 17.3. The number of hydrogen-bond acceptors (Lipinski definition) is 7. The molecule has 0 fully saturated rings. The van der Waals surface area contributed by atoms with Crippen molar-refractivity contribution in [3.8, 4) is 0 Å². The molecule has 2 unspecified atom stereocenters. The van der Waals surface area contributed by atoms with E-state index in [-0.39, 0.29) is 26.1 Å². The largest absolute Gasteiger partial charge is 0.396 e. The number of carbonyl (C=O) groups excluding carboxylic acids is 1. The highest BCUT2D eigenvalue weighted by atomic mass is 79.9. The Morgan fingerprint density at radius 3 is 1.35 bits per heavy atom. The predicted octanol–water partition coefficient (Wildman–Crippen LogP) is 14.5. The molecule has 0 spiro atoms. The van der Waals surface area contributed by atoms with Gasteiger partial charge >= 0.3 is 0 Å². The zero-order chi connectivity index (χ0) is 40.7. The van der Waals surface area contributed by atoms with E-state index >= 15 is 0 Å². The molecule has 57 heavy (non-hydrogen) atoms. The molecule has 2 aromatic heterocycles. The molecule has 13 heteroatoms. The number of benzene rings is 2. The van der Waals surface area contributed by atoms with Crippen molar-refractivity contribution < 1.29 is 24.5 Å². The molecule has 0 saturated carbocycles. The van der Waals surface area contributed by atoms with Crippen LogP contribution in [0.3, 0.4) is 0 Å². The number of aliphatic hydroxyl groups is 2. The number of alkyl halides is 2. The zero-order valence-corrected chi connectivity index (χ0v) is 45.3. The monoisotopic (exact) mass is 1120 g/mol. The summed E-state index contributed by atoms with van der Waals surface area (Å²) in [6, 6.07) is 20.1. The maximum atomic E-state index is 10.2. The van der Waals surface area contributed by atoms with Crippen LogP contribution in [0.1, 0.15) is 132 Å². The minimum atomic E-state index is -0.260. The van der Waals surface area contributed by atoms with Crippen LogP contribution in [-0.4, -0.2) is 43.9 Å². The Kier molecular flexibility index (Phi) is 40.5. The van der Waals surface area contributed by atoms with E-state index in [1.54, 1.807) is 14.2 Å². The Morgan fingerprint density at radius 1 is 0.614 bits per heavy atom. The van der Waals surface area contributed by atoms with Crippen molar-refractivity contribution >= 4 is 112 Å². The van der Waals surface area contributed by atoms with Crippen molar-refractivity contribution in [1.29, 1.82) is 0 Å². The smallest absolute Gasteiger partial charge is 0.183 e. The highest BCUT2D eigenvalue weighted by molar-refractivity contribution is 9.11. The molecule has 0 aliphatic rings. The summed E-state index contributed by atoms with van der Waals surface area (Å²) in [5.41, 5.74) is 7.17. The van der Waals surface area contributed by atoms with Gasteiger partial charge in [-0.3, -0.25) is 4.79 Å². The molecule has 324 valence electrons. The second-order valence-corrected chi connectivity index (χ2v) is 19.1. The minimum Gasteiger partial charge on any atom is -0.396 e. The Morgan fingerprint density at radius 2 is 1.02 bits per heavy atom. The zero-order valence-electron chi connectivity index (χ0n) is 34.5. The predicted molar refractivity (Wildman–Crippen MR) is 273 cm³/mol. The lowest BCUT2D eigenvalue weighted by Gasteiger charge is -2.13. The van der Waals surface area contributed by atoms with E-state index in [0.717, 1.165) is 53.8 Å². The number of aliphatic hydroxyl groups excluding tert-OH is 2. The number of carbonyl (C=O) groups is 1. The number of halogens is 4. The van der Waals surface area contributed by atoms with Crippen molar-refractivity contribution in [2.75, 3.05) is 27.4 Å². The van der Waals surface area contributed by atoms with Crippen molar-refractivity contribution in [2.24, 2.45) is 0 Å². The Bertz CT molecular complexity index is 1460. The number of methoxy groups -OCH3 is 2. The number of aryl methyl sites for hydroxylation is 4. The van der Waals surface area contributed by atoms with Gasteiger partial charge in [0.2, 0.25) is 0 Å². The van der Waals surface area contributed by atoms with Crippen molar-refractivity contribution in [2.45, 2.75) is 121 Å². The molecule has 2 N–H and O–H groups in total. The summed E-state index contributed by atoms with van der Waals surface area (Å²) in [5.74, 6) is 0. The van der Waals surface area contributed by atoms with Gasteiger partial charge in [0.15, 0.2) is 6.29 Å². The first-order valence-electron chi connectivity index (χ1n) is 19.3. The molecule has 4 aromatic rings. The maximum absolute atomic E-state index is 10.2. The molecule has 0 saturated heterocycles. The molecular weight excluding hydrogens is 1050 g/mol. The third-order valence-electron chi connectivity index (χ3n) is 8.56. The van der Waals surface area contributed by atoms with E-state index in [1.807, 2.05) is 59.1 Å². The Labute approximate surface area is 393 Å². The lowest BCUT2D eigenvalue weighted by molar-refractivity contribution is -0.106. The van der Waals surface area contributed by atoms with Gasteiger partial charge in [0, 0.05) is 59.0 Å². The molecular formula is C44H68Br4O5P2S2. The topological polar surface area (TPSA) is 76.0 Å². The highest BCUT2D eigenvalue weighted by Crippen LogP contribution is 2.31. The van der Waals surface area contributed by atoms with E-state index in [1.165, 1.54) is 104 Å². The summed E-state index contributed by atoms with van der Waals surface area (Å²) in [5, 5.41) is 19.4. The van der Waals surface area contributed by atoms with Crippen LogP contribution < -0.4 is 0 Å². The van der Waals surface area contributed by atoms with E-state index in [0.29, 0.717) is 13.2 Å². The molecule has 2 aromatic carbocycles. The molecule has 0 aliphatic heterocycles. The summed E-state index contributed by atoms with van der Waals surface area (Å²) < 4.78 is 12.7. The van der Waals surface area contributed by atoms with Gasteiger partial charge in [-0.1, -0.05) is 133 Å². The van der Waals surface area contributed by atoms with Gasteiger partial charge in [0.1, 0.15) is 6.29 Å². The van der Waals surface area contributed by atoms with Gasteiger partial charge in [-0.2, -0.15) is 19.8 Å². The van der Waals surface area contributed by atoms with Crippen LogP contribution in [0.2, 0.25) is 0 Å². The fourth-order valence-electron chi connectivity index (χ4n) is 5.49. The van der Waals surface area contributed by atoms with Crippen LogP contribution in [0.15, 0.2) is 68.2 Å². The molecule has 2 heterocycles. The van der Waals surface area contributed by atoms with Gasteiger partial charge in [0.05, 0.1) is 7.57 Å². The summed E-state index contributed by atoms with van der Waals surface area (Å²) in [6.45, 7) is 5.08. The molecule has 4 rings (SSSR count). The Balaban J connectivity index is 0. The SMILES string of the molecule is CCCCCCc1cc(Br)sc1CCCO.CCCCCCc1cc(Br)sc1CCCO.COC(OC)c1ccc(CBr)cc1.O=Cc1ccc(CBr)cc1.P.P. The van der Waals surface area contributed by atoms with E-state index in [9.17, 15) is 4.79 Å². The summed E-state index contributed by atoms with van der Waals surface area (Å²) in [7, 11) is 3.26. The van der Waals surface area contributed by atoms with Crippen LogP contribution in [-0.2, 0) is 45.8 Å². The van der Waals surface area contributed by atoms with E-state index < -0.39 is 0 Å². The number of hydrogen-bond donors (Lipinski definition) is 2. The second-order valence-electron chi connectivity index (χ2n) is 12.9. The first-order chi connectivity index (χ1) is 26.7. The molecule has 2 atom stereocenters. The van der Waals surface area contributed by atoms with Crippen molar-refractivity contribution in [1.82, 2.24) is 0 Å². The molecule has 0 radical (unpaired) electrons. The van der Waals surface area contributed by atoms with Crippen LogP contribution in [0, 0.1) is 0 Å². The first-order valence-corrected chi connectivity index (χ1v) is 24.8. The number of unbranched alkanes of at least 4 members (excludes halogenated alkanes) is 6. The van der Waals surface area contributed by atoms with Gasteiger partial charge < -0.3 is 19.7 Å². The highest BCUT2D eigenvalue weighted by Gasteiger charge is 2.09. The molecule has 0 aliphatic carbocycles. The van der Waals surface area contributed by atoms with Gasteiger partial charge in [0.25, 0.3) is 0 Å². The van der Waals surface area contributed by atoms with E-state index in [2.05, 4.69) is 102 Å². The quantitative estimate of drug-likeness (QED) is 0.0270. The summed E-state index contributed by atoms with van der Waals surface area (Å²) in [4.78, 5) is 13.1. The van der Waals surface area contributed by atoms with Crippen LogP contribution >= 0.6 is 106 Å². The molecule has 0 bridgehead atoms. The Hall–Kier alpha value is 0.130.